The summed E-state index contributed by atoms with van der Waals surface area (Å²) in [6, 6.07) is -0.0463. The lowest BCUT2D eigenvalue weighted by molar-refractivity contribution is 0.451. The van der Waals surface area contributed by atoms with Crippen molar-refractivity contribution in [1.82, 2.24) is 5.32 Å². The van der Waals surface area contributed by atoms with E-state index in [-0.39, 0.29) is 6.04 Å². The van der Waals surface area contributed by atoms with Gasteiger partial charge in [-0.05, 0) is 39.7 Å². The topological polar surface area (TPSA) is 46.2 Å². The van der Waals surface area contributed by atoms with E-state index in [1.54, 1.807) is 0 Å². The molecule has 0 aromatic heterocycles. The first kappa shape index (κ1) is 13.7. The number of rotatable bonds is 5. The molecule has 0 saturated carbocycles. The Morgan fingerprint density at radius 3 is 2.50 bits per heavy atom. The average molecular weight is 245 g/mol. The van der Waals surface area contributed by atoms with Gasteiger partial charge >= 0.3 is 0 Å². The fourth-order valence-electron chi connectivity index (χ4n) is 2.20. The fraction of sp³-hybridized carbons (Fsp3) is 0.833. The maximum atomic E-state index is 11.9. The number of hydrogen-bond acceptors (Lipinski definition) is 3. The summed E-state index contributed by atoms with van der Waals surface area (Å²) >= 11 is 0. The number of allylic oxidation sites excluding steroid dienone is 1. The number of sulfone groups is 1. The molecule has 0 fully saturated rings. The van der Waals surface area contributed by atoms with Crippen molar-refractivity contribution in [2.24, 2.45) is 0 Å². The van der Waals surface area contributed by atoms with Crippen LogP contribution < -0.4 is 5.32 Å². The lowest BCUT2D eigenvalue weighted by atomic mass is 9.94. The first-order chi connectivity index (χ1) is 7.30. The summed E-state index contributed by atoms with van der Waals surface area (Å²) in [5, 5.41) is 3.32. The first-order valence-electron chi connectivity index (χ1n) is 5.92. The molecule has 1 N–H and O–H groups in total. The van der Waals surface area contributed by atoms with Gasteiger partial charge in [-0.15, -0.1) is 0 Å². The molecule has 1 aliphatic rings. The predicted octanol–water partition coefficient (Wildman–Crippen LogP) is 1.90. The second-order valence-electron chi connectivity index (χ2n) is 5.04. The van der Waals surface area contributed by atoms with Gasteiger partial charge in [0.25, 0.3) is 0 Å². The summed E-state index contributed by atoms with van der Waals surface area (Å²) in [6.45, 7) is 6.44. The number of hydrogen-bond donors (Lipinski definition) is 1. The van der Waals surface area contributed by atoms with Gasteiger partial charge in [0.05, 0.1) is 4.75 Å². The highest BCUT2D eigenvalue weighted by Crippen LogP contribution is 2.31. The van der Waals surface area contributed by atoms with Crippen LogP contribution in [0, 0.1) is 0 Å². The highest BCUT2D eigenvalue weighted by Gasteiger charge is 2.40. The van der Waals surface area contributed by atoms with E-state index in [9.17, 15) is 8.42 Å². The third-order valence-corrected chi connectivity index (χ3v) is 5.65. The van der Waals surface area contributed by atoms with Gasteiger partial charge < -0.3 is 5.32 Å². The van der Waals surface area contributed by atoms with Gasteiger partial charge in [0, 0.05) is 12.3 Å². The van der Waals surface area contributed by atoms with Crippen LogP contribution in [0.4, 0.5) is 0 Å². The van der Waals surface area contributed by atoms with Gasteiger partial charge in [-0.3, -0.25) is 0 Å². The fourth-order valence-corrected chi connectivity index (χ4v) is 2.86. The molecular weight excluding hydrogens is 222 g/mol. The average Bonchev–Trinajstić information content (AvgIpc) is 2.64. The monoisotopic (exact) mass is 245 g/mol. The molecule has 3 nitrogen and oxygen atoms in total. The Morgan fingerprint density at radius 1 is 1.50 bits per heavy atom. The Balaban J connectivity index is 3.02. The Bertz CT molecular complexity index is 368. The third kappa shape index (κ3) is 2.66. The zero-order chi connectivity index (χ0) is 12.4. The smallest absolute Gasteiger partial charge is 0.154 e. The van der Waals surface area contributed by atoms with E-state index < -0.39 is 14.6 Å². The van der Waals surface area contributed by atoms with Crippen LogP contribution in [0.2, 0.25) is 0 Å². The molecule has 94 valence electrons. The number of likely N-dealkylation sites (N-methyl/N-ethyl adjacent to an activating group) is 1. The van der Waals surface area contributed by atoms with Gasteiger partial charge in [-0.2, -0.15) is 0 Å². The normalized spacial score (nSPS) is 19.6. The maximum absolute atomic E-state index is 11.9. The second kappa shape index (κ2) is 4.88. The lowest BCUT2D eigenvalue weighted by Gasteiger charge is -2.34. The summed E-state index contributed by atoms with van der Waals surface area (Å²) in [6.07, 6.45) is 6.78. The molecule has 0 spiro atoms. The summed E-state index contributed by atoms with van der Waals surface area (Å²) in [7, 11) is -3.06. The molecule has 0 saturated heterocycles. The molecule has 0 aromatic rings. The van der Waals surface area contributed by atoms with E-state index in [1.165, 1.54) is 11.8 Å². The summed E-state index contributed by atoms with van der Waals surface area (Å²) in [4.78, 5) is 0. The molecule has 0 amide bonds. The van der Waals surface area contributed by atoms with Crippen LogP contribution in [-0.2, 0) is 9.84 Å². The quantitative estimate of drug-likeness (QED) is 0.753. The minimum atomic E-state index is -3.06. The van der Waals surface area contributed by atoms with Crippen LogP contribution in [0.3, 0.4) is 0 Å². The van der Waals surface area contributed by atoms with E-state index >= 15 is 0 Å². The van der Waals surface area contributed by atoms with E-state index in [1.807, 2.05) is 20.8 Å². The summed E-state index contributed by atoms with van der Waals surface area (Å²) < 4.78 is 23.0. The van der Waals surface area contributed by atoms with E-state index in [0.29, 0.717) is 0 Å². The first-order valence-corrected chi connectivity index (χ1v) is 7.81. The van der Waals surface area contributed by atoms with Crippen molar-refractivity contribution in [3.8, 4) is 0 Å². The van der Waals surface area contributed by atoms with Crippen LogP contribution in [0.15, 0.2) is 11.6 Å². The van der Waals surface area contributed by atoms with E-state index in [2.05, 4.69) is 11.4 Å². The van der Waals surface area contributed by atoms with Gasteiger partial charge in [0.15, 0.2) is 9.84 Å². The van der Waals surface area contributed by atoms with Gasteiger partial charge in [-0.1, -0.05) is 18.6 Å². The van der Waals surface area contributed by atoms with Crippen LogP contribution in [0.25, 0.3) is 0 Å². The van der Waals surface area contributed by atoms with Crippen LogP contribution in [0.5, 0.6) is 0 Å². The molecule has 16 heavy (non-hydrogen) atoms. The van der Waals surface area contributed by atoms with Gasteiger partial charge in [-0.25, -0.2) is 8.42 Å². The minimum Gasteiger partial charge on any atom is -0.309 e. The van der Waals surface area contributed by atoms with E-state index in [0.717, 1.165) is 25.8 Å². The largest absolute Gasteiger partial charge is 0.309 e. The number of nitrogens with one attached hydrogen (secondary N) is 1. The van der Waals surface area contributed by atoms with Crippen molar-refractivity contribution in [3.05, 3.63) is 11.6 Å². The molecule has 1 rings (SSSR count). The second-order valence-corrected chi connectivity index (χ2v) is 7.63. The zero-order valence-electron chi connectivity index (χ0n) is 10.7. The molecule has 4 heteroatoms. The molecule has 0 heterocycles. The Labute approximate surface area is 99.2 Å². The van der Waals surface area contributed by atoms with Crippen molar-refractivity contribution in [2.75, 3.05) is 12.8 Å². The molecule has 1 atom stereocenters. The summed E-state index contributed by atoms with van der Waals surface area (Å²) in [5.74, 6) is 0. The SMILES string of the molecule is CCNC(C1=CCCC1)C(C)(C)S(C)(=O)=O. The van der Waals surface area contributed by atoms with Crippen LogP contribution >= 0.6 is 0 Å². The van der Waals surface area contributed by atoms with Crippen molar-refractivity contribution in [1.29, 1.82) is 0 Å². The molecule has 1 unspecified atom stereocenters. The van der Waals surface area contributed by atoms with Crippen LogP contribution in [0.1, 0.15) is 40.0 Å². The van der Waals surface area contributed by atoms with Crippen molar-refractivity contribution in [2.45, 2.75) is 50.8 Å². The Kier molecular flexibility index (Phi) is 4.18. The standard InChI is InChI=1S/C12H23NO2S/c1-5-13-11(10-8-6-7-9-10)12(2,3)16(4,14)15/h8,11,13H,5-7,9H2,1-4H3. The molecule has 0 aliphatic heterocycles. The highest BCUT2D eigenvalue weighted by molar-refractivity contribution is 7.92. The van der Waals surface area contributed by atoms with E-state index in [4.69, 9.17) is 0 Å². The van der Waals surface area contributed by atoms with Crippen molar-refractivity contribution in [3.63, 3.8) is 0 Å². The molecule has 1 aliphatic carbocycles. The molecule has 0 radical (unpaired) electrons. The molecule has 0 bridgehead atoms. The Morgan fingerprint density at radius 2 is 2.12 bits per heavy atom. The lowest BCUT2D eigenvalue weighted by Crippen LogP contribution is -2.52. The minimum absolute atomic E-state index is 0.0463. The Hall–Kier alpha value is -0.350. The van der Waals surface area contributed by atoms with Gasteiger partial charge in [0.2, 0.25) is 0 Å². The molecular formula is C12H23NO2S. The van der Waals surface area contributed by atoms with Crippen LogP contribution in [-0.4, -0.2) is 32.0 Å². The zero-order valence-corrected chi connectivity index (χ0v) is 11.5. The summed E-state index contributed by atoms with van der Waals surface area (Å²) in [5.41, 5.74) is 1.26. The highest BCUT2D eigenvalue weighted by atomic mass is 32.2. The predicted molar refractivity (Wildman–Crippen MR) is 68.3 cm³/mol. The third-order valence-electron chi connectivity index (χ3n) is 3.51. The maximum Gasteiger partial charge on any atom is 0.154 e. The van der Waals surface area contributed by atoms with Gasteiger partial charge in [0.1, 0.15) is 0 Å². The van der Waals surface area contributed by atoms with Crippen molar-refractivity contribution >= 4 is 9.84 Å². The molecule has 0 aromatic carbocycles. The van der Waals surface area contributed by atoms with Crippen molar-refractivity contribution < 1.29 is 8.42 Å².